The molecule has 1 aliphatic heterocycles. The minimum absolute atomic E-state index is 0.140. The van der Waals surface area contributed by atoms with Gasteiger partial charge < -0.3 is 20.1 Å². The first kappa shape index (κ1) is 17.2. The summed E-state index contributed by atoms with van der Waals surface area (Å²) in [6.45, 7) is 8.30. The van der Waals surface area contributed by atoms with E-state index in [0.29, 0.717) is 17.5 Å². The lowest BCUT2D eigenvalue weighted by molar-refractivity contribution is -0.0303. The fraction of sp³-hybridized carbons (Fsp3) is 1.00. The molecular formula is C17H34N2O2. The van der Waals surface area contributed by atoms with Crippen molar-refractivity contribution >= 4 is 0 Å². The Kier molecular flexibility index (Phi) is 6.48. The zero-order valence-corrected chi connectivity index (χ0v) is 14.1. The third kappa shape index (κ3) is 4.92. The van der Waals surface area contributed by atoms with E-state index in [9.17, 15) is 5.11 Å². The van der Waals surface area contributed by atoms with E-state index in [-0.39, 0.29) is 6.10 Å². The number of hydrogen-bond donors (Lipinski definition) is 2. The molecule has 1 saturated heterocycles. The summed E-state index contributed by atoms with van der Waals surface area (Å²) in [4.78, 5) is 2.43. The monoisotopic (exact) mass is 298 g/mol. The molecular weight excluding hydrogens is 264 g/mol. The Labute approximate surface area is 130 Å². The summed E-state index contributed by atoms with van der Waals surface area (Å²) in [6, 6.07) is 0.868. The Bertz CT molecular complexity index is 303. The summed E-state index contributed by atoms with van der Waals surface area (Å²) < 4.78 is 5.58. The highest BCUT2D eigenvalue weighted by molar-refractivity contribution is 4.91. The van der Waals surface area contributed by atoms with Gasteiger partial charge in [0.15, 0.2) is 0 Å². The predicted octanol–water partition coefficient (Wildman–Crippen LogP) is 2.02. The van der Waals surface area contributed by atoms with Gasteiger partial charge in [-0.05, 0) is 38.1 Å². The molecule has 2 fully saturated rings. The highest BCUT2D eigenvalue weighted by Gasteiger charge is 2.36. The van der Waals surface area contributed by atoms with E-state index >= 15 is 0 Å². The van der Waals surface area contributed by atoms with Gasteiger partial charge in [-0.25, -0.2) is 0 Å². The Balaban J connectivity index is 1.96. The fourth-order valence-corrected chi connectivity index (χ4v) is 3.87. The van der Waals surface area contributed by atoms with Crippen molar-refractivity contribution in [1.29, 1.82) is 0 Å². The first-order valence-electron chi connectivity index (χ1n) is 8.72. The van der Waals surface area contributed by atoms with E-state index < -0.39 is 0 Å². The summed E-state index contributed by atoms with van der Waals surface area (Å²) in [5.74, 6) is 0. The zero-order chi connectivity index (χ0) is 15.3. The number of aliphatic hydroxyl groups excluding tert-OH is 1. The molecule has 0 spiro atoms. The molecule has 4 nitrogen and oxygen atoms in total. The van der Waals surface area contributed by atoms with Crippen LogP contribution in [0.3, 0.4) is 0 Å². The number of nitrogens with zero attached hydrogens (tertiary/aromatic N) is 1. The molecule has 124 valence electrons. The minimum atomic E-state index is -0.140. The molecule has 0 radical (unpaired) electrons. The van der Waals surface area contributed by atoms with Crippen LogP contribution in [0.5, 0.6) is 0 Å². The van der Waals surface area contributed by atoms with Crippen molar-refractivity contribution < 1.29 is 9.84 Å². The van der Waals surface area contributed by atoms with Gasteiger partial charge in [0, 0.05) is 38.4 Å². The molecule has 0 aromatic heterocycles. The second kappa shape index (κ2) is 7.91. The van der Waals surface area contributed by atoms with Crippen molar-refractivity contribution in [1.82, 2.24) is 10.2 Å². The van der Waals surface area contributed by atoms with E-state index in [0.717, 1.165) is 52.0 Å². The smallest absolute Gasteiger partial charge is 0.0695 e. The number of hydrogen-bond acceptors (Lipinski definition) is 4. The maximum atomic E-state index is 10.3. The molecule has 21 heavy (non-hydrogen) atoms. The Morgan fingerprint density at radius 1 is 1.24 bits per heavy atom. The fourth-order valence-electron chi connectivity index (χ4n) is 3.87. The van der Waals surface area contributed by atoms with Crippen molar-refractivity contribution in [3.05, 3.63) is 0 Å². The van der Waals surface area contributed by atoms with Gasteiger partial charge in [-0.3, -0.25) is 0 Å². The van der Waals surface area contributed by atoms with Crippen molar-refractivity contribution in [2.45, 2.75) is 70.6 Å². The van der Waals surface area contributed by atoms with Gasteiger partial charge in [-0.15, -0.1) is 0 Å². The van der Waals surface area contributed by atoms with Crippen LogP contribution in [0.25, 0.3) is 0 Å². The van der Waals surface area contributed by atoms with Crippen LogP contribution in [-0.2, 0) is 4.74 Å². The summed E-state index contributed by atoms with van der Waals surface area (Å²) in [5.41, 5.74) is 0.300. The third-order valence-electron chi connectivity index (χ3n) is 5.28. The van der Waals surface area contributed by atoms with Crippen LogP contribution in [0.15, 0.2) is 0 Å². The van der Waals surface area contributed by atoms with Gasteiger partial charge in [0.05, 0.1) is 6.10 Å². The molecule has 0 aromatic carbocycles. The summed E-state index contributed by atoms with van der Waals surface area (Å²) in [5, 5.41) is 13.9. The molecule has 1 heterocycles. The standard InChI is InChI=1S/C17H34N2O2/c1-14(2)18-12-17(8-10-21-11-9-17)13-19(3)15-6-4-5-7-16(15)20/h14-16,18,20H,4-13H2,1-3H3. The van der Waals surface area contributed by atoms with Gasteiger partial charge in [-0.1, -0.05) is 26.7 Å². The van der Waals surface area contributed by atoms with Crippen LogP contribution in [0.2, 0.25) is 0 Å². The van der Waals surface area contributed by atoms with E-state index in [1.165, 1.54) is 12.8 Å². The summed E-state index contributed by atoms with van der Waals surface area (Å²) in [6.07, 6.45) is 6.65. The second-order valence-electron chi connectivity index (χ2n) is 7.48. The van der Waals surface area contributed by atoms with E-state index in [1.54, 1.807) is 0 Å². The quantitative estimate of drug-likeness (QED) is 0.787. The number of aliphatic hydroxyl groups is 1. The largest absolute Gasteiger partial charge is 0.391 e. The average molecular weight is 298 g/mol. The maximum Gasteiger partial charge on any atom is 0.0695 e. The van der Waals surface area contributed by atoms with Crippen molar-refractivity contribution in [3.8, 4) is 0 Å². The second-order valence-corrected chi connectivity index (χ2v) is 7.48. The summed E-state index contributed by atoms with van der Waals surface area (Å²) >= 11 is 0. The maximum absolute atomic E-state index is 10.3. The van der Waals surface area contributed by atoms with Crippen molar-refractivity contribution in [3.63, 3.8) is 0 Å². The van der Waals surface area contributed by atoms with Gasteiger partial charge >= 0.3 is 0 Å². The van der Waals surface area contributed by atoms with Crippen LogP contribution in [0.1, 0.15) is 52.4 Å². The summed E-state index contributed by atoms with van der Waals surface area (Å²) in [7, 11) is 2.20. The lowest BCUT2D eigenvalue weighted by Crippen LogP contribution is -2.52. The van der Waals surface area contributed by atoms with E-state index in [4.69, 9.17) is 4.74 Å². The molecule has 0 bridgehead atoms. The Morgan fingerprint density at radius 3 is 2.52 bits per heavy atom. The third-order valence-corrected chi connectivity index (χ3v) is 5.28. The predicted molar refractivity (Wildman–Crippen MR) is 86.5 cm³/mol. The van der Waals surface area contributed by atoms with Crippen LogP contribution in [0, 0.1) is 5.41 Å². The molecule has 1 saturated carbocycles. The number of rotatable bonds is 6. The molecule has 2 rings (SSSR count). The SMILES string of the molecule is CC(C)NCC1(CN(C)C2CCCCC2O)CCOCC1. The van der Waals surface area contributed by atoms with Gasteiger partial charge in [-0.2, -0.15) is 0 Å². The first-order chi connectivity index (χ1) is 10.0. The van der Waals surface area contributed by atoms with Gasteiger partial charge in [0.1, 0.15) is 0 Å². The molecule has 0 amide bonds. The van der Waals surface area contributed by atoms with Crippen LogP contribution >= 0.6 is 0 Å². The van der Waals surface area contributed by atoms with Gasteiger partial charge in [0.2, 0.25) is 0 Å². The molecule has 2 aliphatic rings. The Hall–Kier alpha value is -0.160. The van der Waals surface area contributed by atoms with Crippen molar-refractivity contribution in [2.75, 3.05) is 33.4 Å². The molecule has 2 unspecified atom stereocenters. The molecule has 0 aromatic rings. The molecule has 4 heteroatoms. The molecule has 2 atom stereocenters. The normalized spacial score (nSPS) is 30.0. The van der Waals surface area contributed by atoms with Gasteiger partial charge in [0.25, 0.3) is 0 Å². The highest BCUT2D eigenvalue weighted by Crippen LogP contribution is 2.33. The minimum Gasteiger partial charge on any atom is -0.391 e. The number of nitrogens with one attached hydrogen (secondary N) is 1. The van der Waals surface area contributed by atoms with Crippen LogP contribution in [-0.4, -0.2) is 61.5 Å². The number of likely N-dealkylation sites (N-methyl/N-ethyl adjacent to an activating group) is 1. The topological polar surface area (TPSA) is 44.7 Å². The first-order valence-corrected chi connectivity index (χ1v) is 8.72. The number of ether oxygens (including phenoxy) is 1. The van der Waals surface area contributed by atoms with Crippen molar-refractivity contribution in [2.24, 2.45) is 5.41 Å². The lowest BCUT2D eigenvalue weighted by atomic mass is 9.78. The zero-order valence-electron chi connectivity index (χ0n) is 14.1. The van der Waals surface area contributed by atoms with Crippen LogP contribution < -0.4 is 5.32 Å². The Morgan fingerprint density at radius 2 is 1.90 bits per heavy atom. The molecule has 2 N–H and O–H groups in total. The lowest BCUT2D eigenvalue weighted by Gasteiger charge is -2.44. The average Bonchev–Trinajstić information content (AvgIpc) is 2.46. The molecule has 1 aliphatic carbocycles. The van der Waals surface area contributed by atoms with Crippen LogP contribution in [0.4, 0.5) is 0 Å². The van der Waals surface area contributed by atoms with E-state index in [1.807, 2.05) is 0 Å². The highest BCUT2D eigenvalue weighted by atomic mass is 16.5. The van der Waals surface area contributed by atoms with E-state index in [2.05, 4.69) is 31.1 Å².